The number of hydrogen-bond donors (Lipinski definition) is 2. The van der Waals surface area contributed by atoms with Crippen LogP contribution in [0.5, 0.6) is 0 Å². The van der Waals surface area contributed by atoms with Gasteiger partial charge in [0.05, 0.1) is 12.6 Å². The first-order valence-electron chi connectivity index (χ1n) is 6.85. The summed E-state index contributed by atoms with van der Waals surface area (Å²) in [4.78, 5) is 0. The average molecular weight is 249 g/mol. The van der Waals surface area contributed by atoms with E-state index in [1.54, 1.807) is 0 Å². The molecule has 0 amide bonds. The van der Waals surface area contributed by atoms with Crippen molar-refractivity contribution in [3.63, 3.8) is 0 Å². The van der Waals surface area contributed by atoms with Gasteiger partial charge in [-0.25, -0.2) is 0 Å². The van der Waals surface area contributed by atoms with E-state index in [4.69, 9.17) is 0 Å². The monoisotopic (exact) mass is 249 g/mol. The van der Waals surface area contributed by atoms with Gasteiger partial charge in [0.15, 0.2) is 0 Å². The van der Waals surface area contributed by atoms with E-state index >= 15 is 0 Å². The van der Waals surface area contributed by atoms with E-state index < -0.39 is 0 Å². The number of aliphatic hydroxyl groups is 1. The van der Waals surface area contributed by atoms with Crippen LogP contribution in [0.25, 0.3) is 0 Å². The SMILES string of the molecule is CCC(C)NC(CO)c1ccc(C(C)(C)C)cc1. The van der Waals surface area contributed by atoms with Crippen molar-refractivity contribution in [3.05, 3.63) is 35.4 Å². The van der Waals surface area contributed by atoms with Gasteiger partial charge in [-0.3, -0.25) is 0 Å². The summed E-state index contributed by atoms with van der Waals surface area (Å²) in [6.45, 7) is 11.1. The van der Waals surface area contributed by atoms with Crippen molar-refractivity contribution in [2.24, 2.45) is 0 Å². The molecule has 1 aromatic rings. The summed E-state index contributed by atoms with van der Waals surface area (Å²) >= 11 is 0. The summed E-state index contributed by atoms with van der Waals surface area (Å²) in [6.07, 6.45) is 1.07. The van der Waals surface area contributed by atoms with Crippen LogP contribution in [-0.4, -0.2) is 17.8 Å². The van der Waals surface area contributed by atoms with Gasteiger partial charge < -0.3 is 10.4 Å². The van der Waals surface area contributed by atoms with E-state index in [0.29, 0.717) is 6.04 Å². The molecule has 18 heavy (non-hydrogen) atoms. The topological polar surface area (TPSA) is 32.3 Å². The number of hydrogen-bond acceptors (Lipinski definition) is 2. The zero-order valence-electron chi connectivity index (χ0n) is 12.3. The fourth-order valence-corrected chi connectivity index (χ4v) is 1.93. The molecule has 0 aromatic heterocycles. The Kier molecular flexibility index (Phi) is 5.36. The van der Waals surface area contributed by atoms with E-state index in [0.717, 1.165) is 12.0 Å². The molecule has 2 unspecified atom stereocenters. The van der Waals surface area contributed by atoms with Crippen LogP contribution in [0.15, 0.2) is 24.3 Å². The van der Waals surface area contributed by atoms with Crippen molar-refractivity contribution in [3.8, 4) is 0 Å². The van der Waals surface area contributed by atoms with Gasteiger partial charge in [-0.1, -0.05) is 52.0 Å². The molecule has 0 aliphatic heterocycles. The lowest BCUT2D eigenvalue weighted by atomic mass is 9.86. The van der Waals surface area contributed by atoms with Crippen LogP contribution in [0, 0.1) is 0 Å². The second kappa shape index (κ2) is 6.35. The fraction of sp³-hybridized carbons (Fsp3) is 0.625. The Balaban J connectivity index is 2.82. The molecular weight excluding hydrogens is 222 g/mol. The molecule has 0 saturated carbocycles. The molecule has 0 heterocycles. The minimum Gasteiger partial charge on any atom is -0.394 e. The predicted molar refractivity (Wildman–Crippen MR) is 77.9 cm³/mol. The lowest BCUT2D eigenvalue weighted by molar-refractivity contribution is 0.234. The van der Waals surface area contributed by atoms with Crippen molar-refractivity contribution in [2.75, 3.05) is 6.61 Å². The fourth-order valence-electron chi connectivity index (χ4n) is 1.93. The molecule has 2 nitrogen and oxygen atoms in total. The molecule has 2 atom stereocenters. The Hall–Kier alpha value is -0.860. The summed E-state index contributed by atoms with van der Waals surface area (Å²) < 4.78 is 0. The van der Waals surface area contributed by atoms with Gasteiger partial charge in [0, 0.05) is 6.04 Å². The average Bonchev–Trinajstić information content (AvgIpc) is 2.34. The molecule has 1 rings (SSSR count). The maximum atomic E-state index is 9.49. The van der Waals surface area contributed by atoms with Crippen molar-refractivity contribution >= 4 is 0 Å². The summed E-state index contributed by atoms with van der Waals surface area (Å²) in [7, 11) is 0. The van der Waals surface area contributed by atoms with E-state index in [1.165, 1.54) is 5.56 Å². The van der Waals surface area contributed by atoms with E-state index in [9.17, 15) is 5.11 Å². The second-order valence-electron chi connectivity index (χ2n) is 6.08. The van der Waals surface area contributed by atoms with E-state index in [1.807, 2.05) is 0 Å². The van der Waals surface area contributed by atoms with Crippen LogP contribution in [0.3, 0.4) is 0 Å². The molecule has 2 heteroatoms. The molecule has 0 saturated heterocycles. The largest absolute Gasteiger partial charge is 0.394 e. The Morgan fingerprint density at radius 1 is 1.17 bits per heavy atom. The summed E-state index contributed by atoms with van der Waals surface area (Å²) in [5.41, 5.74) is 2.66. The van der Waals surface area contributed by atoms with Crippen LogP contribution < -0.4 is 5.32 Å². The number of nitrogens with one attached hydrogen (secondary N) is 1. The minimum absolute atomic E-state index is 0.0361. The number of benzene rings is 1. The molecule has 102 valence electrons. The summed E-state index contributed by atoms with van der Waals surface area (Å²) in [5.74, 6) is 0. The Morgan fingerprint density at radius 3 is 2.11 bits per heavy atom. The maximum absolute atomic E-state index is 9.49. The molecule has 0 spiro atoms. The van der Waals surface area contributed by atoms with Crippen molar-refractivity contribution in [1.29, 1.82) is 0 Å². The van der Waals surface area contributed by atoms with Crippen molar-refractivity contribution in [2.45, 2.75) is 58.5 Å². The third-order valence-corrected chi connectivity index (χ3v) is 3.46. The van der Waals surface area contributed by atoms with Gasteiger partial charge in [0.1, 0.15) is 0 Å². The minimum atomic E-state index is 0.0361. The molecule has 0 aliphatic rings. The van der Waals surface area contributed by atoms with Crippen LogP contribution >= 0.6 is 0 Å². The molecular formula is C16H27NO. The number of aliphatic hydroxyl groups excluding tert-OH is 1. The molecule has 0 aliphatic carbocycles. The van der Waals surface area contributed by atoms with Gasteiger partial charge in [-0.2, -0.15) is 0 Å². The van der Waals surface area contributed by atoms with Crippen molar-refractivity contribution < 1.29 is 5.11 Å². The highest BCUT2D eigenvalue weighted by Gasteiger charge is 2.16. The van der Waals surface area contributed by atoms with Gasteiger partial charge in [-0.05, 0) is 29.9 Å². The second-order valence-corrected chi connectivity index (χ2v) is 6.08. The first-order valence-corrected chi connectivity index (χ1v) is 6.85. The zero-order chi connectivity index (χ0) is 13.8. The van der Waals surface area contributed by atoms with Gasteiger partial charge in [0.2, 0.25) is 0 Å². The maximum Gasteiger partial charge on any atom is 0.0626 e. The molecule has 0 radical (unpaired) electrons. The lowest BCUT2D eigenvalue weighted by Gasteiger charge is -2.23. The smallest absolute Gasteiger partial charge is 0.0626 e. The Morgan fingerprint density at radius 2 is 1.72 bits per heavy atom. The molecule has 0 fully saturated rings. The highest BCUT2D eigenvalue weighted by molar-refractivity contribution is 5.29. The van der Waals surface area contributed by atoms with Crippen LogP contribution in [-0.2, 0) is 5.41 Å². The van der Waals surface area contributed by atoms with E-state index in [-0.39, 0.29) is 18.1 Å². The van der Waals surface area contributed by atoms with Crippen LogP contribution in [0.2, 0.25) is 0 Å². The third kappa shape index (κ3) is 4.11. The third-order valence-electron chi connectivity index (χ3n) is 3.46. The quantitative estimate of drug-likeness (QED) is 0.838. The first-order chi connectivity index (χ1) is 8.38. The first kappa shape index (κ1) is 15.2. The highest BCUT2D eigenvalue weighted by Crippen LogP contribution is 2.24. The molecule has 1 aromatic carbocycles. The zero-order valence-corrected chi connectivity index (χ0v) is 12.3. The molecule has 0 bridgehead atoms. The van der Waals surface area contributed by atoms with Gasteiger partial charge >= 0.3 is 0 Å². The summed E-state index contributed by atoms with van der Waals surface area (Å²) in [6, 6.07) is 9.03. The summed E-state index contributed by atoms with van der Waals surface area (Å²) in [5, 5.41) is 12.9. The van der Waals surface area contributed by atoms with E-state index in [2.05, 4.69) is 64.2 Å². The lowest BCUT2D eigenvalue weighted by Crippen LogP contribution is -2.32. The van der Waals surface area contributed by atoms with Crippen LogP contribution in [0.4, 0.5) is 0 Å². The normalized spacial score (nSPS) is 15.4. The standard InChI is InChI=1S/C16H27NO/c1-6-12(2)17-15(11-18)13-7-9-14(10-8-13)16(3,4)5/h7-10,12,15,17-18H,6,11H2,1-5H3. The Labute approximate surface area is 111 Å². The Bertz CT molecular complexity index is 350. The van der Waals surface area contributed by atoms with Crippen molar-refractivity contribution in [1.82, 2.24) is 5.32 Å². The van der Waals surface area contributed by atoms with Gasteiger partial charge in [0.25, 0.3) is 0 Å². The number of rotatable bonds is 5. The predicted octanol–water partition coefficient (Wildman–Crippen LogP) is 3.41. The highest BCUT2D eigenvalue weighted by atomic mass is 16.3. The van der Waals surface area contributed by atoms with Gasteiger partial charge in [-0.15, -0.1) is 0 Å². The van der Waals surface area contributed by atoms with Crippen LogP contribution in [0.1, 0.15) is 58.2 Å². The molecule has 2 N–H and O–H groups in total.